The van der Waals surface area contributed by atoms with Crippen LogP contribution in [0.3, 0.4) is 0 Å². The van der Waals surface area contributed by atoms with Gasteiger partial charge in [0, 0.05) is 63.4 Å². The van der Waals surface area contributed by atoms with Crippen LogP contribution in [0.2, 0.25) is 0 Å². The molecule has 3 heterocycles. The van der Waals surface area contributed by atoms with E-state index in [4.69, 9.17) is 0 Å². The average Bonchev–Trinajstić information content (AvgIpc) is 3.48. The molecular formula is C18H21N5O. The topological polar surface area (TPSA) is 62.2 Å². The number of hydrogen-bond acceptors (Lipinski definition) is 5. The minimum absolute atomic E-state index is 0.0402. The summed E-state index contributed by atoms with van der Waals surface area (Å²) in [6.07, 6.45) is 9.40. The highest BCUT2D eigenvalue weighted by atomic mass is 16.2. The molecule has 1 amide bonds. The largest absolute Gasteiger partial charge is 0.336 e. The van der Waals surface area contributed by atoms with Crippen molar-refractivity contribution in [3.63, 3.8) is 0 Å². The molecule has 0 N–H and O–H groups in total. The van der Waals surface area contributed by atoms with Gasteiger partial charge in [-0.15, -0.1) is 0 Å². The smallest absolute Gasteiger partial charge is 0.257 e. The Labute approximate surface area is 141 Å². The summed E-state index contributed by atoms with van der Waals surface area (Å²) < 4.78 is 0. The van der Waals surface area contributed by atoms with Crippen LogP contribution >= 0.6 is 0 Å². The van der Waals surface area contributed by atoms with Gasteiger partial charge in [-0.25, -0.2) is 9.97 Å². The number of pyridine rings is 1. The maximum Gasteiger partial charge on any atom is 0.257 e. The van der Waals surface area contributed by atoms with Gasteiger partial charge in [0.05, 0.1) is 5.56 Å². The van der Waals surface area contributed by atoms with Gasteiger partial charge in [-0.05, 0) is 24.5 Å². The summed E-state index contributed by atoms with van der Waals surface area (Å²) in [4.78, 5) is 29.7. The van der Waals surface area contributed by atoms with Gasteiger partial charge < -0.3 is 4.90 Å². The number of amides is 1. The zero-order chi connectivity index (χ0) is 16.4. The summed E-state index contributed by atoms with van der Waals surface area (Å²) in [5, 5.41) is 0. The molecule has 0 spiro atoms. The monoisotopic (exact) mass is 323 g/mol. The van der Waals surface area contributed by atoms with Gasteiger partial charge in [0.25, 0.3) is 5.91 Å². The van der Waals surface area contributed by atoms with Gasteiger partial charge in [-0.3, -0.25) is 14.7 Å². The van der Waals surface area contributed by atoms with E-state index < -0.39 is 0 Å². The molecule has 24 heavy (non-hydrogen) atoms. The van der Waals surface area contributed by atoms with E-state index in [-0.39, 0.29) is 5.91 Å². The van der Waals surface area contributed by atoms with Crippen LogP contribution in [0.25, 0.3) is 0 Å². The van der Waals surface area contributed by atoms with Crippen molar-refractivity contribution in [2.45, 2.75) is 25.3 Å². The van der Waals surface area contributed by atoms with Gasteiger partial charge in [0.2, 0.25) is 0 Å². The third-order valence-electron chi connectivity index (χ3n) is 4.65. The first-order chi connectivity index (χ1) is 11.8. The molecule has 0 bridgehead atoms. The van der Waals surface area contributed by atoms with Crippen LogP contribution in [0.4, 0.5) is 0 Å². The van der Waals surface area contributed by atoms with E-state index in [2.05, 4.69) is 25.9 Å². The van der Waals surface area contributed by atoms with Crippen molar-refractivity contribution in [3.8, 4) is 0 Å². The molecular weight excluding hydrogens is 302 g/mol. The van der Waals surface area contributed by atoms with E-state index in [9.17, 15) is 4.79 Å². The molecule has 4 rings (SSSR count). The zero-order valence-corrected chi connectivity index (χ0v) is 13.6. The summed E-state index contributed by atoms with van der Waals surface area (Å²) >= 11 is 0. The van der Waals surface area contributed by atoms with Crippen molar-refractivity contribution >= 4 is 5.91 Å². The van der Waals surface area contributed by atoms with Gasteiger partial charge >= 0.3 is 0 Å². The molecule has 0 unspecified atom stereocenters. The molecule has 124 valence electrons. The Kier molecular flexibility index (Phi) is 4.21. The lowest BCUT2D eigenvalue weighted by Gasteiger charge is -2.34. The molecule has 1 aliphatic heterocycles. The SMILES string of the molecule is O=C(c1cnc(C2CC2)nc1)N1CCN(Cc2cccnc2)CC1. The van der Waals surface area contributed by atoms with Crippen LogP contribution in [0.15, 0.2) is 36.9 Å². The summed E-state index contributed by atoms with van der Waals surface area (Å²) in [6.45, 7) is 4.12. The van der Waals surface area contributed by atoms with Gasteiger partial charge in [-0.1, -0.05) is 6.07 Å². The van der Waals surface area contributed by atoms with Gasteiger partial charge in [-0.2, -0.15) is 0 Å². The maximum atomic E-state index is 12.6. The first kappa shape index (κ1) is 15.2. The summed E-state index contributed by atoms with van der Waals surface area (Å²) in [5.41, 5.74) is 1.81. The van der Waals surface area contributed by atoms with Crippen LogP contribution in [-0.2, 0) is 6.54 Å². The predicted octanol–water partition coefficient (Wildman–Crippen LogP) is 1.71. The lowest BCUT2D eigenvalue weighted by atomic mass is 10.2. The molecule has 2 aliphatic rings. The molecule has 6 nitrogen and oxygen atoms in total. The van der Waals surface area contributed by atoms with Crippen LogP contribution in [-0.4, -0.2) is 56.8 Å². The van der Waals surface area contributed by atoms with Crippen molar-refractivity contribution in [2.24, 2.45) is 0 Å². The molecule has 2 aromatic rings. The van der Waals surface area contributed by atoms with Crippen LogP contribution in [0.1, 0.15) is 40.5 Å². The fourth-order valence-corrected chi connectivity index (χ4v) is 3.04. The lowest BCUT2D eigenvalue weighted by Crippen LogP contribution is -2.48. The minimum Gasteiger partial charge on any atom is -0.336 e. The Morgan fingerprint density at radius 1 is 1.08 bits per heavy atom. The Morgan fingerprint density at radius 2 is 1.83 bits per heavy atom. The molecule has 0 radical (unpaired) electrons. The van der Waals surface area contributed by atoms with Crippen LogP contribution < -0.4 is 0 Å². The van der Waals surface area contributed by atoms with E-state index in [0.29, 0.717) is 11.5 Å². The molecule has 1 aliphatic carbocycles. The zero-order valence-electron chi connectivity index (χ0n) is 13.6. The van der Waals surface area contributed by atoms with Gasteiger partial charge in [0.1, 0.15) is 5.82 Å². The van der Waals surface area contributed by atoms with E-state index >= 15 is 0 Å². The quantitative estimate of drug-likeness (QED) is 0.857. The number of aromatic nitrogens is 3. The standard InChI is InChI=1S/C18H21N5O/c24-18(16-11-20-17(21-12-16)15-3-4-15)23-8-6-22(7-9-23)13-14-2-1-5-19-10-14/h1-2,5,10-12,15H,3-4,6-9,13H2. The Hall–Kier alpha value is -2.34. The number of carbonyl (C=O) groups is 1. The lowest BCUT2D eigenvalue weighted by molar-refractivity contribution is 0.0627. The second-order valence-electron chi connectivity index (χ2n) is 6.53. The highest BCUT2D eigenvalue weighted by molar-refractivity contribution is 5.93. The Bertz CT molecular complexity index is 691. The van der Waals surface area contributed by atoms with Crippen molar-refractivity contribution < 1.29 is 4.79 Å². The molecule has 1 saturated carbocycles. The van der Waals surface area contributed by atoms with Gasteiger partial charge in [0.15, 0.2) is 0 Å². The first-order valence-electron chi connectivity index (χ1n) is 8.52. The summed E-state index contributed by atoms with van der Waals surface area (Å²) in [7, 11) is 0. The van der Waals surface area contributed by atoms with E-state index in [1.807, 2.05) is 17.2 Å². The molecule has 0 atom stereocenters. The second-order valence-corrected chi connectivity index (χ2v) is 6.53. The third-order valence-corrected chi connectivity index (χ3v) is 4.65. The normalized spacial score (nSPS) is 18.6. The molecule has 6 heteroatoms. The third kappa shape index (κ3) is 3.43. The van der Waals surface area contributed by atoms with E-state index in [1.165, 1.54) is 18.4 Å². The number of carbonyl (C=O) groups excluding carboxylic acids is 1. The Balaban J connectivity index is 1.32. The first-order valence-corrected chi connectivity index (χ1v) is 8.52. The van der Waals surface area contributed by atoms with Crippen molar-refractivity contribution in [3.05, 3.63) is 53.9 Å². The number of hydrogen-bond donors (Lipinski definition) is 0. The number of nitrogens with zero attached hydrogens (tertiary/aromatic N) is 5. The molecule has 2 aromatic heterocycles. The van der Waals surface area contributed by atoms with Crippen LogP contribution in [0.5, 0.6) is 0 Å². The number of piperazine rings is 1. The number of rotatable bonds is 4. The highest BCUT2D eigenvalue weighted by Gasteiger charge is 2.27. The van der Waals surface area contributed by atoms with Crippen LogP contribution in [0, 0.1) is 0 Å². The fourth-order valence-electron chi connectivity index (χ4n) is 3.04. The Morgan fingerprint density at radius 3 is 2.46 bits per heavy atom. The average molecular weight is 323 g/mol. The highest BCUT2D eigenvalue weighted by Crippen LogP contribution is 2.37. The van der Waals surface area contributed by atoms with Crippen molar-refractivity contribution in [1.82, 2.24) is 24.8 Å². The van der Waals surface area contributed by atoms with E-state index in [1.54, 1.807) is 18.6 Å². The molecule has 0 aromatic carbocycles. The second kappa shape index (κ2) is 6.65. The predicted molar refractivity (Wildman–Crippen MR) is 89.4 cm³/mol. The van der Waals surface area contributed by atoms with Crippen molar-refractivity contribution in [2.75, 3.05) is 26.2 Å². The summed E-state index contributed by atoms with van der Waals surface area (Å²) in [6, 6.07) is 4.05. The van der Waals surface area contributed by atoms with E-state index in [0.717, 1.165) is 38.5 Å². The molecule has 1 saturated heterocycles. The minimum atomic E-state index is 0.0402. The van der Waals surface area contributed by atoms with Crippen molar-refractivity contribution in [1.29, 1.82) is 0 Å². The fraction of sp³-hybridized carbons (Fsp3) is 0.444. The maximum absolute atomic E-state index is 12.6. The molecule has 2 fully saturated rings. The summed E-state index contributed by atoms with van der Waals surface area (Å²) in [5.74, 6) is 1.44.